The fourth-order valence-electron chi connectivity index (χ4n) is 0.990. The van der Waals surface area contributed by atoms with Gasteiger partial charge >= 0.3 is 0 Å². The van der Waals surface area contributed by atoms with E-state index >= 15 is 0 Å². The topological polar surface area (TPSA) is 49.7 Å². The second-order valence-corrected chi connectivity index (χ2v) is 2.79. The third-order valence-electron chi connectivity index (χ3n) is 1.62. The van der Waals surface area contributed by atoms with Gasteiger partial charge in [-0.05, 0) is 6.92 Å². The Morgan fingerprint density at radius 1 is 1.42 bits per heavy atom. The van der Waals surface area contributed by atoms with Gasteiger partial charge in [-0.2, -0.15) is 0 Å². The largest absolute Gasteiger partial charge is 0.506 e. The van der Waals surface area contributed by atoms with E-state index < -0.39 is 0 Å². The first-order valence-corrected chi connectivity index (χ1v) is 3.70. The minimum atomic E-state index is -0.0715. The second kappa shape index (κ2) is 3.11. The van der Waals surface area contributed by atoms with Crippen LogP contribution in [-0.2, 0) is 0 Å². The van der Waals surface area contributed by atoms with Crippen molar-refractivity contribution in [1.29, 1.82) is 0 Å². The van der Waals surface area contributed by atoms with E-state index in [1.54, 1.807) is 6.92 Å². The Labute approximate surface area is 75.2 Å². The summed E-state index contributed by atoms with van der Waals surface area (Å²) in [6.45, 7) is 1.61. The van der Waals surface area contributed by atoms with Crippen LogP contribution in [0.3, 0.4) is 0 Å². The molecule has 0 aromatic heterocycles. The van der Waals surface area contributed by atoms with Crippen molar-refractivity contribution in [1.82, 2.24) is 0 Å². The van der Waals surface area contributed by atoms with E-state index in [1.807, 2.05) is 0 Å². The number of phenolic OH excluding ortho intramolecular Hbond substituents is 2. The van der Waals surface area contributed by atoms with Gasteiger partial charge in [0.1, 0.15) is 5.75 Å². The maximum absolute atomic E-state index is 9.32. The second-order valence-electron chi connectivity index (χ2n) is 2.38. The standard InChI is InChI=1S/C8H9ClO3/c1-4-7(11)5(9)3-6(10)8(4)12-2/h3,10-11H,1-2H3. The Hall–Kier alpha value is -1.09. The van der Waals surface area contributed by atoms with Crippen molar-refractivity contribution in [2.75, 3.05) is 7.11 Å². The van der Waals surface area contributed by atoms with E-state index in [0.717, 1.165) is 0 Å². The summed E-state index contributed by atoms with van der Waals surface area (Å²) in [7, 11) is 1.41. The third kappa shape index (κ3) is 1.28. The minimum absolute atomic E-state index is 0.0636. The number of rotatable bonds is 1. The average molecular weight is 189 g/mol. The number of hydrogen-bond donors (Lipinski definition) is 2. The third-order valence-corrected chi connectivity index (χ3v) is 1.91. The van der Waals surface area contributed by atoms with Crippen molar-refractivity contribution in [3.63, 3.8) is 0 Å². The van der Waals surface area contributed by atoms with E-state index in [-0.39, 0.29) is 22.3 Å². The Kier molecular flexibility index (Phi) is 2.33. The molecule has 12 heavy (non-hydrogen) atoms. The van der Waals surface area contributed by atoms with E-state index in [4.69, 9.17) is 16.3 Å². The minimum Gasteiger partial charge on any atom is -0.506 e. The van der Waals surface area contributed by atoms with Gasteiger partial charge in [0, 0.05) is 11.6 Å². The molecule has 0 bridgehead atoms. The highest BCUT2D eigenvalue weighted by molar-refractivity contribution is 6.32. The molecule has 0 aliphatic rings. The summed E-state index contributed by atoms with van der Waals surface area (Å²) in [5.74, 6) is 0.112. The van der Waals surface area contributed by atoms with E-state index in [1.165, 1.54) is 13.2 Å². The Morgan fingerprint density at radius 3 is 2.50 bits per heavy atom. The van der Waals surface area contributed by atoms with Crippen LogP contribution in [0.1, 0.15) is 5.56 Å². The molecule has 0 aliphatic carbocycles. The fraction of sp³-hybridized carbons (Fsp3) is 0.250. The lowest BCUT2D eigenvalue weighted by molar-refractivity contribution is 0.365. The zero-order valence-corrected chi connectivity index (χ0v) is 7.51. The molecule has 2 N–H and O–H groups in total. The summed E-state index contributed by atoms with van der Waals surface area (Å²) >= 11 is 5.58. The first-order valence-electron chi connectivity index (χ1n) is 3.33. The summed E-state index contributed by atoms with van der Waals surface area (Å²) in [5, 5.41) is 18.7. The molecular formula is C8H9ClO3. The van der Waals surface area contributed by atoms with Crippen molar-refractivity contribution in [2.24, 2.45) is 0 Å². The van der Waals surface area contributed by atoms with E-state index in [2.05, 4.69) is 0 Å². The molecule has 1 rings (SSSR count). The Bertz CT molecular complexity index is 310. The first kappa shape index (κ1) is 9.00. The zero-order valence-electron chi connectivity index (χ0n) is 6.76. The smallest absolute Gasteiger partial charge is 0.167 e. The highest BCUT2D eigenvalue weighted by Gasteiger charge is 2.12. The molecule has 0 saturated carbocycles. The lowest BCUT2D eigenvalue weighted by Gasteiger charge is -2.09. The molecule has 0 heterocycles. The summed E-state index contributed by atoms with van der Waals surface area (Å²) < 4.78 is 4.84. The molecule has 0 aliphatic heterocycles. The lowest BCUT2D eigenvalue weighted by Crippen LogP contribution is -1.88. The monoisotopic (exact) mass is 188 g/mol. The lowest BCUT2D eigenvalue weighted by atomic mass is 10.2. The van der Waals surface area contributed by atoms with Crippen molar-refractivity contribution in [3.8, 4) is 17.2 Å². The summed E-state index contributed by atoms with van der Waals surface area (Å²) in [4.78, 5) is 0. The van der Waals surface area contributed by atoms with Crippen LogP contribution in [0.5, 0.6) is 17.2 Å². The van der Waals surface area contributed by atoms with Crippen LogP contribution in [0.2, 0.25) is 5.02 Å². The first-order chi connectivity index (χ1) is 5.57. The van der Waals surface area contributed by atoms with Crippen LogP contribution >= 0.6 is 11.6 Å². The molecule has 0 radical (unpaired) electrons. The molecule has 4 heteroatoms. The predicted octanol–water partition coefficient (Wildman–Crippen LogP) is 2.07. The molecule has 0 unspecified atom stereocenters. The molecule has 0 atom stereocenters. The molecule has 0 fully saturated rings. The molecule has 0 amide bonds. The molecule has 66 valence electrons. The van der Waals surface area contributed by atoms with Gasteiger partial charge in [0.25, 0.3) is 0 Å². The molecule has 0 spiro atoms. The van der Waals surface area contributed by atoms with Gasteiger partial charge < -0.3 is 14.9 Å². The summed E-state index contributed by atoms with van der Waals surface area (Å²) in [6, 6.07) is 1.24. The van der Waals surface area contributed by atoms with Crippen LogP contribution in [0, 0.1) is 6.92 Å². The number of aromatic hydroxyl groups is 2. The van der Waals surface area contributed by atoms with Gasteiger partial charge in [-0.15, -0.1) is 0 Å². The number of phenols is 2. The van der Waals surface area contributed by atoms with Crippen molar-refractivity contribution in [2.45, 2.75) is 6.92 Å². The maximum Gasteiger partial charge on any atom is 0.167 e. The maximum atomic E-state index is 9.32. The number of methoxy groups -OCH3 is 1. The molecule has 1 aromatic carbocycles. The fourth-order valence-corrected chi connectivity index (χ4v) is 1.24. The molecule has 0 saturated heterocycles. The number of halogens is 1. The van der Waals surface area contributed by atoms with Crippen molar-refractivity contribution >= 4 is 11.6 Å². The van der Waals surface area contributed by atoms with Crippen molar-refractivity contribution < 1.29 is 14.9 Å². The molecule has 1 aromatic rings. The SMILES string of the molecule is COc1c(O)cc(Cl)c(O)c1C. The van der Waals surface area contributed by atoms with Crippen LogP contribution in [-0.4, -0.2) is 17.3 Å². The number of benzene rings is 1. The Balaban J connectivity index is 3.40. The van der Waals surface area contributed by atoms with Crippen LogP contribution in [0.15, 0.2) is 6.07 Å². The van der Waals surface area contributed by atoms with Crippen LogP contribution in [0.25, 0.3) is 0 Å². The van der Waals surface area contributed by atoms with Gasteiger partial charge in [0.2, 0.25) is 0 Å². The summed E-state index contributed by atoms with van der Waals surface area (Å²) in [5.41, 5.74) is 0.433. The van der Waals surface area contributed by atoms with Gasteiger partial charge in [0.15, 0.2) is 11.5 Å². The van der Waals surface area contributed by atoms with Crippen LogP contribution < -0.4 is 4.74 Å². The summed E-state index contributed by atoms with van der Waals surface area (Å²) in [6.07, 6.45) is 0. The number of ether oxygens (including phenoxy) is 1. The number of hydrogen-bond acceptors (Lipinski definition) is 3. The normalized spacial score (nSPS) is 9.92. The van der Waals surface area contributed by atoms with Gasteiger partial charge in [0.05, 0.1) is 12.1 Å². The predicted molar refractivity (Wildman–Crippen MR) is 46.1 cm³/mol. The van der Waals surface area contributed by atoms with E-state index in [0.29, 0.717) is 5.56 Å². The van der Waals surface area contributed by atoms with Crippen LogP contribution in [0.4, 0.5) is 0 Å². The van der Waals surface area contributed by atoms with Gasteiger partial charge in [-0.3, -0.25) is 0 Å². The highest BCUT2D eigenvalue weighted by Crippen LogP contribution is 2.40. The Morgan fingerprint density at radius 2 is 2.00 bits per heavy atom. The quantitative estimate of drug-likeness (QED) is 0.664. The van der Waals surface area contributed by atoms with Crippen molar-refractivity contribution in [3.05, 3.63) is 16.7 Å². The highest BCUT2D eigenvalue weighted by atomic mass is 35.5. The molecule has 3 nitrogen and oxygen atoms in total. The average Bonchev–Trinajstić information content (AvgIpc) is 2.01. The van der Waals surface area contributed by atoms with E-state index in [9.17, 15) is 10.2 Å². The van der Waals surface area contributed by atoms with Gasteiger partial charge in [-0.1, -0.05) is 11.6 Å². The molecular weight excluding hydrogens is 180 g/mol. The van der Waals surface area contributed by atoms with Gasteiger partial charge in [-0.25, -0.2) is 0 Å². The zero-order chi connectivity index (χ0) is 9.30.